The monoisotopic (exact) mass is 513 g/mol. The summed E-state index contributed by atoms with van der Waals surface area (Å²) < 4.78 is 13.5. The molecule has 0 saturated carbocycles. The summed E-state index contributed by atoms with van der Waals surface area (Å²) in [6.07, 6.45) is 14.3. The van der Waals surface area contributed by atoms with Crippen molar-refractivity contribution in [2.45, 2.75) is 84.5 Å². The van der Waals surface area contributed by atoms with E-state index in [-0.39, 0.29) is 5.88 Å². The molecule has 202 valence electrons. The van der Waals surface area contributed by atoms with E-state index in [4.69, 9.17) is 14.6 Å². The van der Waals surface area contributed by atoms with Crippen LogP contribution in [0.5, 0.6) is 11.6 Å². The zero-order valence-corrected chi connectivity index (χ0v) is 21.9. The molecule has 2 aromatic heterocycles. The maximum absolute atomic E-state index is 11.5. The van der Waals surface area contributed by atoms with Crippen molar-refractivity contribution >= 4 is 23.7 Å². The lowest BCUT2D eigenvalue weighted by Crippen LogP contribution is -2.09. The highest BCUT2D eigenvalue weighted by atomic mass is 16.5. The van der Waals surface area contributed by atoms with Crippen LogP contribution >= 0.6 is 0 Å². The molecule has 0 spiro atoms. The van der Waals surface area contributed by atoms with Crippen LogP contribution in [0, 0.1) is 17.2 Å². The summed E-state index contributed by atoms with van der Waals surface area (Å²) in [5.74, 6) is -1.77. The Hall–Kier alpha value is -3.54. The number of carbonyl (C=O) groups is 2. The van der Waals surface area contributed by atoms with Crippen molar-refractivity contribution in [1.29, 1.82) is 5.26 Å². The van der Waals surface area contributed by atoms with Gasteiger partial charge in [-0.3, -0.25) is 9.20 Å². The van der Waals surface area contributed by atoms with Crippen LogP contribution in [0.25, 0.3) is 11.7 Å². The van der Waals surface area contributed by atoms with Crippen molar-refractivity contribution in [3.63, 3.8) is 0 Å². The average Bonchev–Trinajstić information content (AvgIpc) is 3.23. The predicted molar refractivity (Wildman–Crippen MR) is 141 cm³/mol. The maximum atomic E-state index is 11.5. The average molecular weight is 514 g/mol. The number of unbranched alkanes of at least 4 members (excludes halogenated alkanes) is 8. The molecule has 0 aliphatic heterocycles. The van der Waals surface area contributed by atoms with Gasteiger partial charge in [-0.05, 0) is 43.9 Å². The number of pyridine rings is 1. The zero-order valence-electron chi connectivity index (χ0n) is 21.9. The van der Waals surface area contributed by atoms with E-state index in [0.29, 0.717) is 43.1 Å². The lowest BCUT2D eigenvalue weighted by atomic mass is 10.1. The molecule has 0 aliphatic rings. The number of carboxylic acids is 2. The highest BCUT2D eigenvalue weighted by Gasteiger charge is 2.18. The first kappa shape index (κ1) is 29.7. The second kappa shape index (κ2) is 16.3. The Morgan fingerprint density at radius 3 is 2.35 bits per heavy atom. The third-order valence-electron chi connectivity index (χ3n) is 6.20. The van der Waals surface area contributed by atoms with Gasteiger partial charge in [-0.2, -0.15) is 10.2 Å². The molecule has 1 atom stereocenters. The molecule has 0 saturated heterocycles. The molecule has 0 amide bonds. The molecule has 37 heavy (non-hydrogen) atoms. The van der Waals surface area contributed by atoms with Crippen LogP contribution in [0.4, 0.5) is 0 Å². The van der Waals surface area contributed by atoms with Gasteiger partial charge in [0.15, 0.2) is 11.4 Å². The van der Waals surface area contributed by atoms with E-state index in [2.05, 4.69) is 11.9 Å². The topological polar surface area (TPSA) is 134 Å². The number of aliphatic carboxylic acids is 2. The molecule has 9 nitrogen and oxygen atoms in total. The first-order valence-electron chi connectivity index (χ1n) is 13.2. The van der Waals surface area contributed by atoms with E-state index in [1.54, 1.807) is 35.7 Å². The van der Waals surface area contributed by atoms with Crippen molar-refractivity contribution in [1.82, 2.24) is 9.38 Å². The van der Waals surface area contributed by atoms with Crippen molar-refractivity contribution in [2.75, 3.05) is 13.2 Å². The summed E-state index contributed by atoms with van der Waals surface area (Å²) in [7, 11) is 0. The van der Waals surface area contributed by atoms with Gasteiger partial charge in [0.2, 0.25) is 5.88 Å². The molecule has 2 heterocycles. The van der Waals surface area contributed by atoms with Crippen LogP contribution in [-0.4, -0.2) is 44.8 Å². The molecule has 0 aromatic carbocycles. The van der Waals surface area contributed by atoms with Crippen LogP contribution in [-0.2, 0) is 9.59 Å². The van der Waals surface area contributed by atoms with Gasteiger partial charge in [0.1, 0.15) is 17.3 Å². The highest BCUT2D eigenvalue weighted by Crippen LogP contribution is 2.29. The summed E-state index contributed by atoms with van der Waals surface area (Å²) in [5.41, 5.74) is 0.410. The second-order valence-corrected chi connectivity index (χ2v) is 9.25. The lowest BCUT2D eigenvalue weighted by molar-refractivity contribution is -0.141. The van der Waals surface area contributed by atoms with E-state index >= 15 is 0 Å². The lowest BCUT2D eigenvalue weighted by Gasteiger charge is -2.08. The minimum atomic E-state index is -1.32. The number of nitrogens with zero attached hydrogens (tertiary/aromatic N) is 3. The van der Waals surface area contributed by atoms with E-state index < -0.39 is 23.4 Å². The fourth-order valence-corrected chi connectivity index (χ4v) is 3.93. The molecule has 9 heteroatoms. The number of hydrogen-bond donors (Lipinski definition) is 2. The Bertz CT molecular complexity index is 1090. The quantitative estimate of drug-likeness (QED) is 0.130. The van der Waals surface area contributed by atoms with Crippen molar-refractivity contribution in [3.8, 4) is 17.7 Å². The largest absolute Gasteiger partial charge is 0.490 e. The van der Waals surface area contributed by atoms with Crippen LogP contribution in [0.15, 0.2) is 23.9 Å². The van der Waals surface area contributed by atoms with Gasteiger partial charge in [-0.25, -0.2) is 4.79 Å². The van der Waals surface area contributed by atoms with Gasteiger partial charge in [0.05, 0.1) is 19.1 Å². The van der Waals surface area contributed by atoms with Gasteiger partial charge in [0, 0.05) is 6.20 Å². The third-order valence-corrected chi connectivity index (χ3v) is 6.20. The highest BCUT2D eigenvalue weighted by molar-refractivity contribution is 5.96. The number of nitriles is 1. The van der Waals surface area contributed by atoms with Crippen molar-refractivity contribution in [3.05, 3.63) is 29.6 Å². The summed E-state index contributed by atoms with van der Waals surface area (Å²) in [5, 5.41) is 27.6. The Morgan fingerprint density at radius 1 is 1.05 bits per heavy atom. The minimum absolute atomic E-state index is 0.253. The molecule has 1 unspecified atom stereocenters. The summed E-state index contributed by atoms with van der Waals surface area (Å²) in [6.45, 7) is 4.71. The molecular formula is C28H39N3O6. The smallest absolute Gasteiger partial charge is 0.346 e. The summed E-state index contributed by atoms with van der Waals surface area (Å²) >= 11 is 0. The summed E-state index contributed by atoms with van der Waals surface area (Å²) in [4.78, 5) is 27.0. The zero-order chi connectivity index (χ0) is 27.0. The molecule has 2 aromatic rings. The van der Waals surface area contributed by atoms with E-state index in [9.17, 15) is 20.0 Å². The standard InChI is InChI=1S/C28H39N3O6/c1-3-4-5-6-7-8-9-11-18-37-26-23(19-22(20-29)28(34)35)31-16-13-15-24(25(31)30-26)36-17-12-10-14-21(2)27(32)33/h13,15-16,19,21H,3-12,14,17-18H2,1-2H3,(H,32,33)(H,34,35). The van der Waals surface area contributed by atoms with Gasteiger partial charge < -0.3 is 19.7 Å². The number of carboxylic acid groups (broad SMARTS) is 2. The van der Waals surface area contributed by atoms with Crippen LogP contribution in [0.3, 0.4) is 0 Å². The van der Waals surface area contributed by atoms with E-state index in [1.807, 2.05) is 0 Å². The van der Waals surface area contributed by atoms with Crippen molar-refractivity contribution < 1.29 is 29.3 Å². The van der Waals surface area contributed by atoms with Crippen LogP contribution in [0.1, 0.15) is 90.2 Å². The second-order valence-electron chi connectivity index (χ2n) is 9.25. The fraction of sp³-hybridized carbons (Fsp3) is 0.571. The first-order valence-corrected chi connectivity index (χ1v) is 13.2. The normalized spacial score (nSPS) is 12.3. The Balaban J connectivity index is 2.09. The van der Waals surface area contributed by atoms with E-state index in [0.717, 1.165) is 25.7 Å². The molecule has 2 N–H and O–H groups in total. The van der Waals surface area contributed by atoms with Crippen LogP contribution < -0.4 is 9.47 Å². The number of aromatic nitrogens is 2. The molecule has 0 bridgehead atoms. The fourth-order valence-electron chi connectivity index (χ4n) is 3.93. The Morgan fingerprint density at radius 2 is 1.70 bits per heavy atom. The van der Waals surface area contributed by atoms with Gasteiger partial charge in [-0.1, -0.05) is 58.8 Å². The number of ether oxygens (including phenoxy) is 2. The molecular weight excluding hydrogens is 474 g/mol. The molecule has 0 radical (unpaired) electrons. The van der Waals surface area contributed by atoms with Gasteiger partial charge in [0.25, 0.3) is 0 Å². The number of fused-ring (bicyclic) bond motifs is 1. The Kier molecular flexibility index (Phi) is 13.0. The Labute approximate surface area is 218 Å². The number of rotatable bonds is 19. The maximum Gasteiger partial charge on any atom is 0.346 e. The van der Waals surface area contributed by atoms with Crippen LogP contribution in [0.2, 0.25) is 0 Å². The predicted octanol–water partition coefficient (Wildman–Crippen LogP) is 6.12. The van der Waals surface area contributed by atoms with Crippen molar-refractivity contribution in [2.24, 2.45) is 5.92 Å². The molecule has 2 rings (SSSR count). The number of hydrogen-bond acceptors (Lipinski definition) is 6. The number of imidazole rings is 1. The van der Waals surface area contributed by atoms with Gasteiger partial charge >= 0.3 is 11.9 Å². The molecule has 0 fully saturated rings. The third kappa shape index (κ3) is 9.79. The SMILES string of the molecule is CCCCCCCCCCOc1nc2c(OCCCCC(C)C(=O)O)cccn2c1C=C(C#N)C(=O)O. The van der Waals surface area contributed by atoms with Gasteiger partial charge in [-0.15, -0.1) is 0 Å². The van der Waals surface area contributed by atoms with E-state index in [1.165, 1.54) is 38.2 Å². The first-order chi connectivity index (χ1) is 17.9. The minimum Gasteiger partial charge on any atom is -0.490 e. The molecule has 0 aliphatic carbocycles. The summed E-state index contributed by atoms with van der Waals surface area (Å²) in [6, 6.07) is 5.23.